The molecule has 0 aliphatic carbocycles. The predicted octanol–water partition coefficient (Wildman–Crippen LogP) is 35.2. The number of hydrogen-bond acceptors (Lipinski definition) is 2. The van der Waals surface area contributed by atoms with E-state index in [0.29, 0.717) is 0 Å². The Morgan fingerprint density at radius 3 is 0.869 bits per heavy atom. The van der Waals surface area contributed by atoms with Gasteiger partial charge in [0.25, 0.3) is 0 Å². The summed E-state index contributed by atoms with van der Waals surface area (Å²) in [5.74, 6) is 1.97. The van der Waals surface area contributed by atoms with Crippen LogP contribution >= 0.6 is 0 Å². The summed E-state index contributed by atoms with van der Waals surface area (Å²) in [6, 6.07) is 131. The highest BCUT2D eigenvalue weighted by atomic mass is 15.1. The molecule has 0 N–H and O–H groups in total. The minimum absolute atomic E-state index is 0.00964. The van der Waals surface area contributed by atoms with Gasteiger partial charge in [-0.05, 0) is 285 Å². The molecule has 16 aromatic carbocycles. The number of fused-ring (bicyclic) bond motifs is 17. The van der Waals surface area contributed by atoms with E-state index in [9.17, 15) is 0 Å². The SMILES string of the molecule is CC(C)(C)c1ccc2c(c1)c1cc(C(C)(C)C)ccc1n2C(C)(C)C.CC(C)(C)n1c2ccccc2c2cc(-n3c4ccccc4c4ccccc43)ccc21.CC(C)(C)n1c2ccccc2c2cccc(-c3ccccc3)c21.CC(C)(C)n1c2ccccc2c2ccccc21.Cc1nc2ccc(-c3cccc(-c4ccc5nc(C)n(-c6ccccc6)c5c4)c3C(C)(C)C)cc2n1-c1ccccc1. The summed E-state index contributed by atoms with van der Waals surface area (Å²) in [5, 5.41) is 13.3. The quantitative estimate of drug-likeness (QED) is 0.167. The first kappa shape index (κ1) is 91.6. The first-order chi connectivity index (χ1) is 65.3. The molecule has 23 aromatic rings. The standard InChI is InChI=1S/C38H34N4.C28H24N2.C24H33N.C22H21N.C16H17N/c1-25-39-33-21-19-27(23-35(33)41(25)29-13-8-6-9-14-29)31-17-12-18-32(37(31)38(3,4)5)28-20-22-34-36(24-28)42(26(2)40-34)30-15-10-7-11-16-30;1-28(2,3)30-26-15-9-6-12-22(26)23-18-19(16-17-27(23)30)29-24-13-7-4-10-20(24)21-11-5-8-14-25(21)29;1-22(2,3)16-10-12-20-18(14-16)19-15-17(23(4,5)6)11-13-21(19)25(20)24(7,8)9;1-22(2,3)23-20-15-8-7-12-18(20)19-14-9-13-17(21(19)23)16-10-5-4-6-11-16;1-16(2,3)17-14-10-6-4-8-12(14)13-9-5-7-11-15(13)17/h6-24H,1-5H3;4-18H,1-3H3;10-15H,1-9H3;4-15H,1-3H3;4-11H,1-3H3. The molecule has 0 spiro atoms. The number of para-hydroxylation sites is 9. The summed E-state index contributed by atoms with van der Waals surface area (Å²) in [5.41, 5.74) is 32.7. The van der Waals surface area contributed by atoms with E-state index in [2.05, 4.69) is 555 Å². The van der Waals surface area contributed by atoms with Crippen molar-refractivity contribution in [3.05, 3.63) is 392 Å². The zero-order chi connectivity index (χ0) is 96.3. The molecule has 137 heavy (non-hydrogen) atoms. The maximum atomic E-state index is 4.88. The Bertz CT molecular complexity index is 8170. The molecule has 0 saturated heterocycles. The maximum Gasteiger partial charge on any atom is 0.111 e. The molecule has 9 heteroatoms. The average molecular weight is 1790 g/mol. The second kappa shape index (κ2) is 35.0. The van der Waals surface area contributed by atoms with Gasteiger partial charge in [0.2, 0.25) is 0 Å². The molecule has 686 valence electrons. The number of hydrogen-bond donors (Lipinski definition) is 0. The van der Waals surface area contributed by atoms with Gasteiger partial charge in [-0.25, -0.2) is 9.97 Å². The number of aromatic nitrogens is 9. The van der Waals surface area contributed by atoms with Gasteiger partial charge < -0.3 is 22.8 Å². The van der Waals surface area contributed by atoms with Crippen molar-refractivity contribution in [3.8, 4) is 50.4 Å². The van der Waals surface area contributed by atoms with Crippen LogP contribution in [0.1, 0.15) is 174 Å². The number of benzene rings is 16. The highest BCUT2D eigenvalue weighted by molar-refractivity contribution is 6.15. The van der Waals surface area contributed by atoms with Crippen molar-refractivity contribution in [2.24, 2.45) is 0 Å². The Labute approximate surface area is 808 Å². The van der Waals surface area contributed by atoms with Crippen LogP contribution in [0.3, 0.4) is 0 Å². The van der Waals surface area contributed by atoms with Crippen molar-refractivity contribution in [2.75, 3.05) is 0 Å². The second-order valence-corrected chi connectivity index (χ2v) is 44.2. The lowest BCUT2D eigenvalue weighted by Gasteiger charge is -2.27. The van der Waals surface area contributed by atoms with Crippen molar-refractivity contribution in [1.82, 2.24) is 41.9 Å². The zero-order valence-electron chi connectivity index (χ0n) is 84.2. The number of aryl methyl sites for hydroxylation is 2. The van der Waals surface area contributed by atoms with Crippen molar-refractivity contribution < 1.29 is 0 Å². The van der Waals surface area contributed by atoms with Gasteiger partial charge in [-0.2, -0.15) is 0 Å². The minimum Gasteiger partial charge on any atom is -0.335 e. The highest BCUT2D eigenvalue weighted by Gasteiger charge is 2.31. The van der Waals surface area contributed by atoms with E-state index in [1.807, 2.05) is 0 Å². The van der Waals surface area contributed by atoms with Crippen LogP contribution in [0, 0.1) is 13.8 Å². The van der Waals surface area contributed by atoms with Crippen LogP contribution < -0.4 is 0 Å². The third kappa shape index (κ3) is 17.1. The van der Waals surface area contributed by atoms with Crippen LogP contribution in [0.25, 0.3) is 182 Å². The summed E-state index contributed by atoms with van der Waals surface area (Å²) in [6.07, 6.45) is 0. The summed E-state index contributed by atoms with van der Waals surface area (Å²) in [6.45, 7) is 52.1. The van der Waals surface area contributed by atoms with Gasteiger partial charge >= 0.3 is 0 Å². The monoisotopic (exact) mass is 1790 g/mol. The number of rotatable bonds is 6. The van der Waals surface area contributed by atoms with Crippen LogP contribution in [0.15, 0.2) is 364 Å². The van der Waals surface area contributed by atoms with Gasteiger partial charge in [0.1, 0.15) is 11.6 Å². The van der Waals surface area contributed by atoms with Gasteiger partial charge in [0.05, 0.1) is 38.6 Å². The van der Waals surface area contributed by atoms with Crippen LogP contribution in [0.5, 0.6) is 0 Å². The first-order valence-electron chi connectivity index (χ1n) is 48.7. The summed E-state index contributed by atoms with van der Waals surface area (Å²) in [4.78, 5) is 9.76. The lowest BCUT2D eigenvalue weighted by molar-refractivity contribution is 0.423. The van der Waals surface area contributed by atoms with E-state index in [-0.39, 0.29) is 38.4 Å². The van der Waals surface area contributed by atoms with E-state index >= 15 is 0 Å². The molecule has 23 rings (SSSR count). The molecule has 0 fully saturated rings. The molecule has 9 nitrogen and oxygen atoms in total. The fraction of sp³-hybridized carbons (Fsp3) is 0.234. The van der Waals surface area contributed by atoms with Crippen LogP contribution in [-0.4, -0.2) is 41.9 Å². The maximum absolute atomic E-state index is 4.88. The van der Waals surface area contributed by atoms with Crippen molar-refractivity contribution in [1.29, 1.82) is 0 Å². The van der Waals surface area contributed by atoms with E-state index in [1.54, 1.807) is 0 Å². The summed E-state index contributed by atoms with van der Waals surface area (Å²) in [7, 11) is 0. The normalized spacial score (nSPS) is 12.5. The molecule has 7 heterocycles. The van der Waals surface area contributed by atoms with E-state index in [1.165, 1.54) is 165 Å². The van der Waals surface area contributed by atoms with Crippen molar-refractivity contribution in [2.45, 2.75) is 198 Å². The van der Waals surface area contributed by atoms with Crippen molar-refractivity contribution >= 4 is 131 Å². The molecular formula is C128H129N9. The molecule has 7 aromatic heterocycles. The topological polar surface area (TPSA) is 60.3 Å². The van der Waals surface area contributed by atoms with Crippen molar-refractivity contribution in [3.63, 3.8) is 0 Å². The Morgan fingerprint density at radius 1 is 0.190 bits per heavy atom. The molecule has 0 unspecified atom stereocenters. The van der Waals surface area contributed by atoms with Gasteiger partial charge in [-0.15, -0.1) is 0 Å². The molecule has 0 atom stereocenters. The lowest BCUT2D eigenvalue weighted by atomic mass is 9.77. The number of imidazole rings is 2. The molecule has 0 radical (unpaired) electrons. The third-order valence-corrected chi connectivity index (χ3v) is 27.1. The Balaban J connectivity index is 0.000000113. The fourth-order valence-corrected chi connectivity index (χ4v) is 21.3. The predicted molar refractivity (Wildman–Crippen MR) is 590 cm³/mol. The van der Waals surface area contributed by atoms with Gasteiger partial charge in [0, 0.05) is 137 Å². The second-order valence-electron chi connectivity index (χ2n) is 44.2. The van der Waals surface area contributed by atoms with Crippen LogP contribution in [0.4, 0.5) is 0 Å². The van der Waals surface area contributed by atoms with Gasteiger partial charge in [-0.1, -0.05) is 299 Å². The summed E-state index contributed by atoms with van der Waals surface area (Å²) < 4.78 is 16.8. The van der Waals surface area contributed by atoms with Crippen LogP contribution in [0.2, 0.25) is 0 Å². The van der Waals surface area contributed by atoms with E-state index < -0.39 is 0 Å². The van der Waals surface area contributed by atoms with E-state index in [4.69, 9.17) is 9.97 Å². The van der Waals surface area contributed by atoms with Gasteiger partial charge in [0.15, 0.2) is 0 Å². The average Bonchev–Trinajstić information content (AvgIpc) is 1.56. The zero-order valence-corrected chi connectivity index (χ0v) is 84.2. The molecule has 0 amide bonds. The Morgan fingerprint density at radius 2 is 0.489 bits per heavy atom. The van der Waals surface area contributed by atoms with Gasteiger partial charge in [-0.3, -0.25) is 9.13 Å². The highest BCUT2D eigenvalue weighted by Crippen LogP contribution is 2.47. The first-order valence-corrected chi connectivity index (χ1v) is 48.7. The Hall–Kier alpha value is -14.5. The largest absolute Gasteiger partial charge is 0.335 e. The lowest BCUT2D eigenvalue weighted by Crippen LogP contribution is -2.21. The third-order valence-electron chi connectivity index (χ3n) is 27.1. The van der Waals surface area contributed by atoms with Crippen LogP contribution in [-0.2, 0) is 38.4 Å². The Kier molecular flexibility index (Phi) is 23.4. The fourth-order valence-electron chi connectivity index (χ4n) is 21.3. The summed E-state index contributed by atoms with van der Waals surface area (Å²) >= 11 is 0. The smallest absolute Gasteiger partial charge is 0.111 e. The van der Waals surface area contributed by atoms with E-state index in [0.717, 1.165) is 45.1 Å². The molecule has 0 saturated carbocycles. The minimum atomic E-state index is -0.0962. The molecule has 0 aliphatic rings. The number of nitrogens with zero attached hydrogens (tertiary/aromatic N) is 9. The molecule has 0 aliphatic heterocycles. The molecular weight excluding hydrogens is 1660 g/mol. The molecule has 0 bridgehead atoms.